The van der Waals surface area contributed by atoms with E-state index in [0.717, 1.165) is 63.4 Å². The maximum atomic E-state index is 11.0. The van der Waals surface area contributed by atoms with E-state index in [9.17, 15) is 9.90 Å². The summed E-state index contributed by atoms with van der Waals surface area (Å²) >= 11 is 0. The topological polar surface area (TPSA) is 66.8 Å². The van der Waals surface area contributed by atoms with Crippen molar-refractivity contribution in [3.05, 3.63) is 46.1 Å². The molecule has 1 fully saturated rings. The fourth-order valence-electron chi connectivity index (χ4n) is 6.44. The smallest absolute Gasteiger partial charge is 0.306 e. The van der Waals surface area contributed by atoms with E-state index in [2.05, 4.69) is 59.8 Å². The van der Waals surface area contributed by atoms with Crippen molar-refractivity contribution >= 4 is 5.97 Å². The molecule has 0 amide bonds. The van der Waals surface area contributed by atoms with Crippen LogP contribution in [0.4, 0.5) is 0 Å². The highest BCUT2D eigenvalue weighted by Crippen LogP contribution is 2.51. The van der Waals surface area contributed by atoms with E-state index in [1.165, 1.54) is 60.8 Å². The summed E-state index contributed by atoms with van der Waals surface area (Å²) in [5, 5.41) is 19.7. The molecule has 0 spiro atoms. The molecule has 0 saturated carbocycles. The van der Waals surface area contributed by atoms with Crippen LogP contribution in [0.2, 0.25) is 0 Å². The van der Waals surface area contributed by atoms with Crippen molar-refractivity contribution in [1.29, 1.82) is 0 Å². The SMILES string of the molecule is CCCCCCCCC12OC(C)(CCC=C(C)CCCC(C)=CCCC(C)C(=O)O)CCC1=CC(O)C(C)=C2C. The number of aliphatic hydroxyl groups excluding tert-OH is 1. The molecule has 4 nitrogen and oxygen atoms in total. The minimum absolute atomic E-state index is 0.160. The lowest BCUT2D eigenvalue weighted by Crippen LogP contribution is -2.51. The molecular weight excluding hydrogens is 496 g/mol. The number of allylic oxidation sites excluding steroid dienone is 4. The summed E-state index contributed by atoms with van der Waals surface area (Å²) in [7, 11) is 0. The zero-order valence-electron chi connectivity index (χ0n) is 26.9. The van der Waals surface area contributed by atoms with Crippen molar-refractivity contribution in [2.75, 3.05) is 0 Å². The number of hydrogen-bond donors (Lipinski definition) is 2. The average molecular weight is 557 g/mol. The molecule has 1 aliphatic heterocycles. The van der Waals surface area contributed by atoms with Crippen LogP contribution in [0.1, 0.15) is 151 Å². The van der Waals surface area contributed by atoms with Crippen molar-refractivity contribution in [2.45, 2.75) is 169 Å². The first-order valence-corrected chi connectivity index (χ1v) is 16.3. The lowest BCUT2D eigenvalue weighted by atomic mass is 9.69. The Morgan fingerprint density at radius 1 is 1.02 bits per heavy atom. The summed E-state index contributed by atoms with van der Waals surface area (Å²) in [6.07, 6.45) is 23.8. The van der Waals surface area contributed by atoms with E-state index in [4.69, 9.17) is 9.84 Å². The van der Waals surface area contributed by atoms with Gasteiger partial charge >= 0.3 is 5.97 Å². The summed E-state index contributed by atoms with van der Waals surface area (Å²) in [4.78, 5) is 11.0. The zero-order chi connectivity index (χ0) is 29.8. The standard InChI is InChI=1S/C36H60O4/c1-8-9-10-11-12-13-24-36-31(6)30(5)33(37)26-32(36)22-25-35(7,40-36)23-16-20-28(3)18-14-17-27(2)19-15-21-29(4)34(38)39/h19-20,26,29,33,37H,8-18,21-25H2,1-7H3,(H,38,39). The Morgan fingerprint density at radius 3 is 2.30 bits per heavy atom. The van der Waals surface area contributed by atoms with Crippen molar-refractivity contribution < 1.29 is 19.7 Å². The molecule has 0 aromatic heterocycles. The average Bonchev–Trinajstić information content (AvgIpc) is 2.90. The number of fused-ring (bicyclic) bond motifs is 1. The highest BCUT2D eigenvalue weighted by molar-refractivity contribution is 5.69. The lowest BCUT2D eigenvalue weighted by Gasteiger charge is -2.52. The summed E-state index contributed by atoms with van der Waals surface area (Å²) in [6.45, 7) is 15.0. The molecule has 4 heteroatoms. The van der Waals surface area contributed by atoms with E-state index in [1.54, 1.807) is 6.92 Å². The molecular formula is C36H60O4. The molecule has 2 aliphatic rings. The monoisotopic (exact) mass is 556 g/mol. The Morgan fingerprint density at radius 2 is 1.65 bits per heavy atom. The van der Waals surface area contributed by atoms with Gasteiger partial charge in [-0.05, 0) is 128 Å². The normalized spacial score (nSPS) is 26.5. The zero-order valence-corrected chi connectivity index (χ0v) is 26.9. The van der Waals surface area contributed by atoms with Gasteiger partial charge in [-0.2, -0.15) is 0 Å². The molecule has 0 bridgehead atoms. The number of aliphatic hydroxyl groups is 1. The van der Waals surface area contributed by atoms with Gasteiger partial charge in [-0.15, -0.1) is 0 Å². The van der Waals surface area contributed by atoms with Crippen LogP contribution in [-0.4, -0.2) is 33.5 Å². The fraction of sp³-hybridized carbons (Fsp3) is 0.750. The van der Waals surface area contributed by atoms with Crippen LogP contribution < -0.4 is 0 Å². The number of unbranched alkanes of at least 4 members (excludes halogenated alkanes) is 5. The molecule has 4 unspecified atom stereocenters. The maximum Gasteiger partial charge on any atom is 0.306 e. The van der Waals surface area contributed by atoms with Crippen LogP contribution >= 0.6 is 0 Å². The summed E-state index contributed by atoms with van der Waals surface area (Å²) in [5.41, 5.74) is 5.92. The van der Waals surface area contributed by atoms with E-state index in [0.29, 0.717) is 6.42 Å². The number of carboxylic acid groups (broad SMARTS) is 1. The number of carbonyl (C=O) groups is 1. The van der Waals surface area contributed by atoms with Gasteiger partial charge in [0.15, 0.2) is 0 Å². The van der Waals surface area contributed by atoms with Gasteiger partial charge in [0.1, 0.15) is 5.60 Å². The molecule has 0 aromatic rings. The molecule has 0 aromatic carbocycles. The number of carboxylic acids is 1. The minimum Gasteiger partial charge on any atom is -0.481 e. The van der Waals surface area contributed by atoms with Crippen LogP contribution in [0, 0.1) is 5.92 Å². The van der Waals surface area contributed by atoms with Gasteiger partial charge < -0.3 is 14.9 Å². The number of hydrogen-bond acceptors (Lipinski definition) is 3. The van der Waals surface area contributed by atoms with E-state index in [1.807, 2.05) is 0 Å². The van der Waals surface area contributed by atoms with E-state index >= 15 is 0 Å². The number of aliphatic carboxylic acids is 1. The summed E-state index contributed by atoms with van der Waals surface area (Å²) < 4.78 is 7.18. The van der Waals surface area contributed by atoms with Gasteiger partial charge in [0.2, 0.25) is 0 Å². The Hall–Kier alpha value is -1.65. The second-order valence-corrected chi connectivity index (χ2v) is 13.2. The highest BCUT2D eigenvalue weighted by atomic mass is 16.5. The predicted octanol–water partition coefficient (Wildman–Crippen LogP) is 10.0. The molecule has 1 heterocycles. The van der Waals surface area contributed by atoms with Crippen molar-refractivity contribution in [3.8, 4) is 0 Å². The van der Waals surface area contributed by atoms with Gasteiger partial charge in [-0.25, -0.2) is 0 Å². The van der Waals surface area contributed by atoms with Gasteiger partial charge in [-0.1, -0.05) is 69.2 Å². The van der Waals surface area contributed by atoms with Crippen LogP contribution in [-0.2, 0) is 9.53 Å². The van der Waals surface area contributed by atoms with Crippen molar-refractivity contribution in [2.24, 2.45) is 5.92 Å². The lowest BCUT2D eigenvalue weighted by molar-refractivity contribution is -0.145. The second-order valence-electron chi connectivity index (χ2n) is 13.2. The largest absolute Gasteiger partial charge is 0.481 e. The Bertz CT molecular complexity index is 938. The van der Waals surface area contributed by atoms with Crippen LogP contribution in [0.25, 0.3) is 0 Å². The maximum absolute atomic E-state index is 11.0. The Kier molecular flexibility index (Phi) is 14.4. The minimum atomic E-state index is -0.705. The molecule has 1 aliphatic carbocycles. The fourth-order valence-corrected chi connectivity index (χ4v) is 6.44. The highest BCUT2D eigenvalue weighted by Gasteiger charge is 2.49. The van der Waals surface area contributed by atoms with Gasteiger partial charge in [0.25, 0.3) is 0 Å². The molecule has 4 atom stereocenters. The first-order chi connectivity index (χ1) is 18.9. The third-order valence-electron chi connectivity index (χ3n) is 9.57. The van der Waals surface area contributed by atoms with Crippen LogP contribution in [0.15, 0.2) is 46.1 Å². The summed E-state index contributed by atoms with van der Waals surface area (Å²) in [5.74, 6) is -0.977. The number of ether oxygens (including phenoxy) is 1. The van der Waals surface area contributed by atoms with Crippen LogP contribution in [0.3, 0.4) is 0 Å². The molecule has 228 valence electrons. The molecule has 2 N–H and O–H groups in total. The third-order valence-corrected chi connectivity index (χ3v) is 9.57. The van der Waals surface area contributed by atoms with Crippen molar-refractivity contribution in [3.63, 3.8) is 0 Å². The third kappa shape index (κ3) is 10.3. The van der Waals surface area contributed by atoms with Gasteiger partial charge in [0.05, 0.1) is 17.6 Å². The molecule has 2 rings (SSSR count). The van der Waals surface area contributed by atoms with Gasteiger partial charge in [-0.3, -0.25) is 4.79 Å². The van der Waals surface area contributed by atoms with Crippen molar-refractivity contribution in [1.82, 2.24) is 0 Å². The predicted molar refractivity (Wildman–Crippen MR) is 169 cm³/mol. The van der Waals surface area contributed by atoms with E-state index in [-0.39, 0.29) is 17.1 Å². The quantitative estimate of drug-likeness (QED) is 0.130. The molecule has 0 radical (unpaired) electrons. The second kappa shape index (κ2) is 16.7. The molecule has 1 saturated heterocycles. The Labute approximate surface area is 246 Å². The van der Waals surface area contributed by atoms with E-state index < -0.39 is 12.1 Å². The van der Waals surface area contributed by atoms with Crippen LogP contribution in [0.5, 0.6) is 0 Å². The Balaban J connectivity index is 1.92. The first kappa shape index (κ1) is 34.6. The van der Waals surface area contributed by atoms with Gasteiger partial charge in [0, 0.05) is 0 Å². The first-order valence-electron chi connectivity index (χ1n) is 16.3. The summed E-state index contributed by atoms with van der Waals surface area (Å²) in [6, 6.07) is 0. The molecule has 40 heavy (non-hydrogen) atoms. The number of rotatable bonds is 18.